The van der Waals surface area contributed by atoms with Gasteiger partial charge in [0.05, 0.1) is 13.0 Å². The van der Waals surface area contributed by atoms with Crippen LogP contribution in [0.1, 0.15) is 41.6 Å². The van der Waals surface area contributed by atoms with E-state index in [1.807, 2.05) is 37.3 Å². The molecule has 6 nitrogen and oxygen atoms in total. The minimum absolute atomic E-state index is 0.0778. The molecule has 0 heterocycles. The lowest BCUT2D eigenvalue weighted by atomic mass is 9.93. The van der Waals surface area contributed by atoms with Gasteiger partial charge in [0.15, 0.2) is 0 Å². The van der Waals surface area contributed by atoms with Gasteiger partial charge in [0.2, 0.25) is 5.91 Å². The molecule has 1 unspecified atom stereocenters. The maximum atomic E-state index is 12.7. The van der Waals surface area contributed by atoms with Crippen LogP contribution in [0.2, 0.25) is 0 Å². The van der Waals surface area contributed by atoms with Crippen LogP contribution >= 0.6 is 0 Å². The molecule has 2 aromatic carbocycles. The number of carbonyl (C=O) groups is 3. The number of methoxy groups -OCH3 is 1. The third kappa shape index (κ3) is 5.95. The molecule has 0 aliphatic heterocycles. The first-order valence-corrected chi connectivity index (χ1v) is 8.86. The van der Waals surface area contributed by atoms with Crippen molar-refractivity contribution in [2.24, 2.45) is 0 Å². The predicted octanol–water partition coefficient (Wildman–Crippen LogP) is 3.11. The molecule has 27 heavy (non-hydrogen) atoms. The molecule has 0 saturated heterocycles. The highest BCUT2D eigenvalue weighted by atomic mass is 16.5. The smallest absolute Gasteiger partial charge is 0.325 e. The second-order valence-corrected chi connectivity index (χ2v) is 6.08. The van der Waals surface area contributed by atoms with Gasteiger partial charge >= 0.3 is 5.97 Å². The van der Waals surface area contributed by atoms with Crippen LogP contribution in [-0.2, 0) is 14.3 Å². The largest absolute Gasteiger partial charge is 0.468 e. The van der Waals surface area contributed by atoms with Crippen LogP contribution in [0.3, 0.4) is 0 Å². The van der Waals surface area contributed by atoms with Crippen LogP contribution in [0.15, 0.2) is 54.6 Å². The second kappa shape index (κ2) is 10.1. The van der Waals surface area contributed by atoms with Gasteiger partial charge < -0.3 is 15.4 Å². The highest BCUT2D eigenvalue weighted by Gasteiger charge is 2.19. The van der Waals surface area contributed by atoms with Gasteiger partial charge in [-0.05, 0) is 36.2 Å². The molecule has 0 fully saturated rings. The number of rotatable bonds is 8. The number of nitrogens with one attached hydrogen (secondary N) is 2. The molecule has 2 rings (SSSR count). The molecule has 0 aliphatic carbocycles. The number of esters is 1. The molecule has 0 radical (unpaired) electrons. The number of hydrogen-bond donors (Lipinski definition) is 2. The maximum absolute atomic E-state index is 12.7. The molecule has 0 saturated carbocycles. The summed E-state index contributed by atoms with van der Waals surface area (Å²) >= 11 is 0. The molecule has 0 aromatic heterocycles. The predicted molar refractivity (Wildman–Crippen MR) is 104 cm³/mol. The van der Waals surface area contributed by atoms with Crippen LogP contribution in [-0.4, -0.2) is 31.4 Å². The summed E-state index contributed by atoms with van der Waals surface area (Å²) in [7, 11) is 1.26. The maximum Gasteiger partial charge on any atom is 0.325 e. The lowest BCUT2D eigenvalue weighted by Gasteiger charge is -2.16. The first-order valence-electron chi connectivity index (χ1n) is 8.86. The summed E-state index contributed by atoms with van der Waals surface area (Å²) < 4.78 is 4.48. The summed E-state index contributed by atoms with van der Waals surface area (Å²) in [6.45, 7) is 1.86. The highest BCUT2D eigenvalue weighted by molar-refractivity contribution is 5.98. The number of amides is 2. The van der Waals surface area contributed by atoms with Gasteiger partial charge in [-0.2, -0.15) is 0 Å². The summed E-state index contributed by atoms with van der Waals surface area (Å²) in [5, 5.41) is 5.37. The van der Waals surface area contributed by atoms with Gasteiger partial charge in [0.25, 0.3) is 5.91 Å². The zero-order valence-electron chi connectivity index (χ0n) is 15.5. The van der Waals surface area contributed by atoms with Gasteiger partial charge in [-0.1, -0.05) is 43.7 Å². The van der Waals surface area contributed by atoms with Crippen LogP contribution in [0.25, 0.3) is 0 Å². The van der Waals surface area contributed by atoms with E-state index in [1.165, 1.54) is 7.11 Å². The zero-order valence-corrected chi connectivity index (χ0v) is 15.5. The van der Waals surface area contributed by atoms with E-state index >= 15 is 0 Å². The second-order valence-electron chi connectivity index (χ2n) is 6.08. The third-order valence-corrected chi connectivity index (χ3v) is 4.13. The summed E-state index contributed by atoms with van der Waals surface area (Å²) in [6, 6.07) is 16.2. The fraction of sp³-hybridized carbons (Fsp3) is 0.286. The summed E-state index contributed by atoms with van der Waals surface area (Å²) in [5.41, 5.74) is 1.99. The minimum Gasteiger partial charge on any atom is -0.468 e. The number of anilines is 1. The molecule has 2 aromatic rings. The Labute approximate surface area is 158 Å². The van der Waals surface area contributed by atoms with E-state index in [2.05, 4.69) is 15.4 Å². The lowest BCUT2D eigenvalue weighted by Crippen LogP contribution is -2.30. The first-order chi connectivity index (χ1) is 13.0. The fourth-order valence-corrected chi connectivity index (χ4v) is 2.68. The standard InChI is InChI=1S/C21H24N2O4/c1-3-7-18(15-8-5-4-6-9-15)21(26)23-17-12-10-16(11-13-17)20(25)22-14-19(24)27-2/h4-6,8-13,18H,3,7,14H2,1-2H3,(H,22,25)(H,23,26). The molecule has 142 valence electrons. The van der Waals surface area contributed by atoms with Crippen molar-refractivity contribution in [3.63, 3.8) is 0 Å². The Bertz CT molecular complexity index is 773. The number of ether oxygens (including phenoxy) is 1. The van der Waals surface area contributed by atoms with Gasteiger partial charge in [-0.3, -0.25) is 14.4 Å². The van der Waals surface area contributed by atoms with Crippen LogP contribution < -0.4 is 10.6 Å². The van der Waals surface area contributed by atoms with Crippen LogP contribution in [0.4, 0.5) is 5.69 Å². The molecule has 0 aliphatic rings. The van der Waals surface area contributed by atoms with E-state index in [0.29, 0.717) is 11.3 Å². The van der Waals surface area contributed by atoms with Gasteiger partial charge in [0.1, 0.15) is 6.54 Å². The SMILES string of the molecule is CCCC(C(=O)Nc1ccc(C(=O)NCC(=O)OC)cc1)c1ccccc1. The van der Waals surface area contributed by atoms with E-state index in [-0.39, 0.29) is 24.3 Å². The molecular formula is C21H24N2O4. The Hall–Kier alpha value is -3.15. The van der Waals surface area contributed by atoms with E-state index < -0.39 is 5.97 Å². The average molecular weight is 368 g/mol. The molecule has 1 atom stereocenters. The van der Waals surface area contributed by atoms with Gasteiger partial charge in [-0.15, -0.1) is 0 Å². The fourth-order valence-electron chi connectivity index (χ4n) is 2.68. The summed E-state index contributed by atoms with van der Waals surface area (Å²) in [5.74, 6) is -1.20. The van der Waals surface area contributed by atoms with Crippen molar-refractivity contribution < 1.29 is 19.1 Å². The molecule has 2 amide bonds. The minimum atomic E-state index is -0.518. The molecule has 0 spiro atoms. The van der Waals surface area contributed by atoms with E-state index in [9.17, 15) is 14.4 Å². The number of hydrogen-bond acceptors (Lipinski definition) is 4. The number of benzene rings is 2. The Morgan fingerprint density at radius 2 is 1.67 bits per heavy atom. The van der Waals surface area contributed by atoms with E-state index in [4.69, 9.17) is 0 Å². The molecule has 0 bridgehead atoms. The van der Waals surface area contributed by atoms with Crippen molar-refractivity contribution in [3.8, 4) is 0 Å². The molecular weight excluding hydrogens is 344 g/mol. The van der Waals surface area contributed by atoms with Gasteiger partial charge in [-0.25, -0.2) is 0 Å². The molecule has 2 N–H and O–H groups in total. The Balaban J connectivity index is 2.01. The Morgan fingerprint density at radius 3 is 2.26 bits per heavy atom. The van der Waals surface area contributed by atoms with Crippen molar-refractivity contribution >= 4 is 23.5 Å². The van der Waals surface area contributed by atoms with E-state index in [1.54, 1.807) is 24.3 Å². The summed E-state index contributed by atoms with van der Waals surface area (Å²) in [6.07, 6.45) is 1.65. The van der Waals surface area contributed by atoms with Crippen molar-refractivity contribution in [2.45, 2.75) is 25.7 Å². The van der Waals surface area contributed by atoms with E-state index in [0.717, 1.165) is 18.4 Å². The normalized spacial score (nSPS) is 11.3. The number of carbonyl (C=O) groups excluding carboxylic acids is 3. The van der Waals surface area contributed by atoms with Crippen LogP contribution in [0, 0.1) is 0 Å². The zero-order chi connectivity index (χ0) is 19.6. The van der Waals surface area contributed by atoms with Gasteiger partial charge in [0, 0.05) is 11.3 Å². The molecule has 6 heteroatoms. The van der Waals surface area contributed by atoms with Crippen molar-refractivity contribution in [1.82, 2.24) is 5.32 Å². The average Bonchev–Trinajstić information content (AvgIpc) is 2.71. The first kappa shape index (κ1) is 20.2. The monoisotopic (exact) mass is 368 g/mol. The lowest BCUT2D eigenvalue weighted by molar-refractivity contribution is -0.139. The summed E-state index contributed by atoms with van der Waals surface area (Å²) in [4.78, 5) is 35.7. The Morgan fingerprint density at radius 1 is 1.00 bits per heavy atom. The van der Waals surface area contributed by atoms with Crippen molar-refractivity contribution in [2.75, 3.05) is 19.0 Å². The Kier molecular flexibility index (Phi) is 7.55. The highest BCUT2D eigenvalue weighted by Crippen LogP contribution is 2.23. The topological polar surface area (TPSA) is 84.5 Å². The van der Waals surface area contributed by atoms with Crippen molar-refractivity contribution in [1.29, 1.82) is 0 Å². The van der Waals surface area contributed by atoms with Crippen molar-refractivity contribution in [3.05, 3.63) is 65.7 Å². The third-order valence-electron chi connectivity index (χ3n) is 4.13. The van der Waals surface area contributed by atoms with Crippen LogP contribution in [0.5, 0.6) is 0 Å². The quantitative estimate of drug-likeness (QED) is 0.701.